The van der Waals surface area contributed by atoms with Crippen molar-refractivity contribution in [2.75, 3.05) is 19.1 Å². The van der Waals surface area contributed by atoms with Crippen LogP contribution < -0.4 is 5.73 Å². The molecule has 1 amide bonds. The van der Waals surface area contributed by atoms with Gasteiger partial charge in [0.15, 0.2) is 0 Å². The molecule has 0 bridgehead atoms. The van der Waals surface area contributed by atoms with Gasteiger partial charge in [-0.3, -0.25) is 9.78 Å². The third-order valence-corrected chi connectivity index (χ3v) is 3.69. The average molecular weight is 267 g/mol. The molecule has 1 aromatic heterocycles. The first kappa shape index (κ1) is 15.0. The molecule has 0 aliphatic carbocycles. The second-order valence-electron chi connectivity index (χ2n) is 4.17. The highest BCUT2D eigenvalue weighted by molar-refractivity contribution is 7.98. The van der Waals surface area contributed by atoms with Crippen molar-refractivity contribution < 1.29 is 4.79 Å². The van der Waals surface area contributed by atoms with E-state index in [2.05, 4.69) is 18.2 Å². The lowest BCUT2D eigenvalue weighted by atomic mass is 10.1. The van der Waals surface area contributed by atoms with E-state index in [0.29, 0.717) is 12.1 Å². The molecule has 1 heterocycles. The molecule has 0 saturated heterocycles. The van der Waals surface area contributed by atoms with Gasteiger partial charge >= 0.3 is 0 Å². The van der Waals surface area contributed by atoms with E-state index in [1.54, 1.807) is 30.1 Å². The van der Waals surface area contributed by atoms with Crippen LogP contribution >= 0.6 is 11.8 Å². The van der Waals surface area contributed by atoms with Crippen molar-refractivity contribution in [3.63, 3.8) is 0 Å². The molecule has 0 aromatic carbocycles. The van der Waals surface area contributed by atoms with Crippen molar-refractivity contribution in [2.24, 2.45) is 5.73 Å². The van der Waals surface area contributed by atoms with Crippen LogP contribution in [0.3, 0.4) is 0 Å². The Morgan fingerprint density at radius 2 is 2.33 bits per heavy atom. The number of carbonyl (C=O) groups excluding carboxylic acids is 1. The Labute approximate surface area is 113 Å². The molecule has 5 heteroatoms. The van der Waals surface area contributed by atoms with E-state index in [0.717, 1.165) is 17.9 Å². The first-order valence-electron chi connectivity index (χ1n) is 6.05. The zero-order valence-electron chi connectivity index (χ0n) is 11.2. The predicted molar refractivity (Wildman–Crippen MR) is 76.7 cm³/mol. The van der Waals surface area contributed by atoms with Crippen LogP contribution in [-0.4, -0.2) is 40.9 Å². The Morgan fingerprint density at radius 1 is 1.61 bits per heavy atom. The third kappa shape index (κ3) is 3.71. The second-order valence-corrected chi connectivity index (χ2v) is 5.08. The average Bonchev–Trinajstić information content (AvgIpc) is 2.43. The lowest BCUT2D eigenvalue weighted by Gasteiger charge is -2.26. The number of rotatable bonds is 6. The largest absolute Gasteiger partial charge is 0.338 e. The van der Waals surface area contributed by atoms with Gasteiger partial charge in [0.1, 0.15) is 0 Å². The predicted octanol–water partition coefficient (Wildman–Crippen LogP) is 1.75. The molecule has 1 aromatic rings. The molecule has 0 fully saturated rings. The van der Waals surface area contributed by atoms with Gasteiger partial charge < -0.3 is 10.6 Å². The summed E-state index contributed by atoms with van der Waals surface area (Å²) in [6.45, 7) is 2.45. The quantitative estimate of drug-likeness (QED) is 0.853. The number of carbonyl (C=O) groups is 1. The molecule has 0 saturated carbocycles. The molecular weight excluding hydrogens is 246 g/mol. The highest BCUT2D eigenvalue weighted by Crippen LogP contribution is 2.13. The molecule has 1 unspecified atom stereocenters. The Hall–Kier alpha value is -1.07. The first-order valence-corrected chi connectivity index (χ1v) is 7.44. The fourth-order valence-electron chi connectivity index (χ4n) is 1.79. The number of thioether (sulfide) groups is 1. The molecule has 0 aliphatic rings. The standard InChI is InChI=1S/C13H21N3OS/c1-4-12(9-18-3)16(2)13(17)10-5-6-15-11(7-10)8-14/h5-7,12H,4,8-9,14H2,1-3H3. The summed E-state index contributed by atoms with van der Waals surface area (Å²) in [6, 6.07) is 3.77. The zero-order valence-corrected chi connectivity index (χ0v) is 12.0. The highest BCUT2D eigenvalue weighted by atomic mass is 32.2. The fraction of sp³-hybridized carbons (Fsp3) is 0.538. The van der Waals surface area contributed by atoms with Crippen LogP contribution in [0, 0.1) is 0 Å². The van der Waals surface area contributed by atoms with E-state index in [1.165, 1.54) is 0 Å². The molecule has 18 heavy (non-hydrogen) atoms. The van der Waals surface area contributed by atoms with E-state index in [9.17, 15) is 4.79 Å². The molecule has 0 spiro atoms. The lowest BCUT2D eigenvalue weighted by molar-refractivity contribution is 0.0743. The number of aromatic nitrogens is 1. The van der Waals surface area contributed by atoms with Crippen LogP contribution in [0.2, 0.25) is 0 Å². The normalized spacial score (nSPS) is 12.2. The maximum atomic E-state index is 12.3. The lowest BCUT2D eigenvalue weighted by Crippen LogP contribution is -2.38. The minimum absolute atomic E-state index is 0.0352. The van der Waals surface area contributed by atoms with Crippen molar-refractivity contribution >= 4 is 17.7 Å². The topological polar surface area (TPSA) is 59.2 Å². The smallest absolute Gasteiger partial charge is 0.253 e. The number of hydrogen-bond donors (Lipinski definition) is 1. The number of hydrogen-bond acceptors (Lipinski definition) is 4. The Morgan fingerprint density at radius 3 is 2.89 bits per heavy atom. The van der Waals surface area contributed by atoms with Gasteiger partial charge in [0.25, 0.3) is 5.91 Å². The van der Waals surface area contributed by atoms with Crippen molar-refractivity contribution in [2.45, 2.75) is 25.9 Å². The maximum Gasteiger partial charge on any atom is 0.253 e. The molecule has 100 valence electrons. The van der Waals surface area contributed by atoms with Crippen molar-refractivity contribution in [1.82, 2.24) is 9.88 Å². The van der Waals surface area contributed by atoms with E-state index >= 15 is 0 Å². The van der Waals surface area contributed by atoms with Gasteiger partial charge in [-0.15, -0.1) is 0 Å². The Balaban J connectivity index is 2.84. The summed E-state index contributed by atoms with van der Waals surface area (Å²) in [7, 11) is 1.86. The van der Waals surface area contributed by atoms with Crippen LogP contribution in [0.4, 0.5) is 0 Å². The SMILES string of the molecule is CCC(CSC)N(C)C(=O)c1ccnc(CN)c1. The van der Waals surface area contributed by atoms with Crippen LogP contribution in [0.25, 0.3) is 0 Å². The van der Waals surface area contributed by atoms with Crippen molar-refractivity contribution in [1.29, 1.82) is 0 Å². The fourth-order valence-corrected chi connectivity index (χ4v) is 2.63. The van der Waals surface area contributed by atoms with Gasteiger partial charge in [0.05, 0.1) is 5.69 Å². The minimum atomic E-state index is 0.0352. The van der Waals surface area contributed by atoms with Gasteiger partial charge in [-0.2, -0.15) is 11.8 Å². The maximum absolute atomic E-state index is 12.3. The molecule has 0 aliphatic heterocycles. The molecular formula is C13H21N3OS. The summed E-state index contributed by atoms with van der Waals surface area (Å²) in [5, 5.41) is 0. The van der Waals surface area contributed by atoms with Crippen LogP contribution in [0.1, 0.15) is 29.4 Å². The summed E-state index contributed by atoms with van der Waals surface area (Å²) >= 11 is 1.76. The Bertz CT molecular complexity index is 398. The van der Waals surface area contributed by atoms with Gasteiger partial charge in [-0.25, -0.2) is 0 Å². The molecule has 2 N–H and O–H groups in total. The second kappa shape index (κ2) is 7.38. The van der Waals surface area contributed by atoms with Crippen molar-refractivity contribution in [3.05, 3.63) is 29.6 Å². The van der Waals surface area contributed by atoms with Crippen LogP contribution in [-0.2, 0) is 6.54 Å². The van der Waals surface area contributed by atoms with E-state index in [4.69, 9.17) is 5.73 Å². The summed E-state index contributed by atoms with van der Waals surface area (Å²) in [5.41, 5.74) is 6.94. The minimum Gasteiger partial charge on any atom is -0.338 e. The zero-order chi connectivity index (χ0) is 13.5. The van der Waals surface area contributed by atoms with Gasteiger partial charge in [0, 0.05) is 37.1 Å². The van der Waals surface area contributed by atoms with Crippen molar-refractivity contribution in [3.8, 4) is 0 Å². The Kier molecular flexibility index (Phi) is 6.15. The van der Waals surface area contributed by atoms with Gasteiger partial charge in [-0.1, -0.05) is 6.92 Å². The summed E-state index contributed by atoms with van der Waals surface area (Å²) in [6.07, 6.45) is 4.65. The monoisotopic (exact) mass is 267 g/mol. The third-order valence-electron chi connectivity index (χ3n) is 2.97. The molecule has 1 rings (SSSR count). The molecule has 4 nitrogen and oxygen atoms in total. The van der Waals surface area contributed by atoms with Gasteiger partial charge in [-0.05, 0) is 24.8 Å². The number of pyridine rings is 1. The summed E-state index contributed by atoms with van der Waals surface area (Å²) < 4.78 is 0. The number of amides is 1. The highest BCUT2D eigenvalue weighted by Gasteiger charge is 2.19. The number of nitrogens with two attached hydrogens (primary N) is 1. The molecule has 1 atom stereocenters. The number of nitrogens with zero attached hydrogens (tertiary/aromatic N) is 2. The van der Waals surface area contributed by atoms with Crippen LogP contribution in [0.5, 0.6) is 0 Å². The summed E-state index contributed by atoms with van der Waals surface area (Å²) in [5.74, 6) is 0.987. The molecule has 0 radical (unpaired) electrons. The first-order chi connectivity index (χ1) is 8.63. The van der Waals surface area contributed by atoms with Crippen LogP contribution in [0.15, 0.2) is 18.3 Å². The van der Waals surface area contributed by atoms with E-state index in [-0.39, 0.29) is 11.9 Å². The van der Waals surface area contributed by atoms with Gasteiger partial charge in [0.2, 0.25) is 0 Å². The van der Waals surface area contributed by atoms with E-state index < -0.39 is 0 Å². The summed E-state index contributed by atoms with van der Waals surface area (Å²) in [4.78, 5) is 18.2. The van der Waals surface area contributed by atoms with E-state index in [1.807, 2.05) is 11.9 Å².